The topological polar surface area (TPSA) is 102 Å². The number of piperazine rings is 1. The highest BCUT2D eigenvalue weighted by Crippen LogP contribution is 2.46. The van der Waals surface area contributed by atoms with Crippen LogP contribution in [-0.4, -0.2) is 43.1 Å². The van der Waals surface area contributed by atoms with Crippen molar-refractivity contribution in [2.75, 3.05) is 41.3 Å². The molecule has 40 heavy (non-hydrogen) atoms. The SMILES string of the molecule is O=C([O-])c1ccc(Nc2cc(N3CCN(c4ccc(F)cc4)CC3)c3noc4c3c2C(=O)c2ccccc2-4)cc1. The normalized spacial score (nSPS) is 14.4. The number of aromatic nitrogens is 1. The first-order valence-corrected chi connectivity index (χ1v) is 12.9. The predicted octanol–water partition coefficient (Wildman–Crippen LogP) is 4.61. The third-order valence-electron chi connectivity index (χ3n) is 7.59. The zero-order valence-corrected chi connectivity index (χ0v) is 21.2. The van der Waals surface area contributed by atoms with Crippen LogP contribution in [-0.2, 0) is 0 Å². The molecule has 1 fully saturated rings. The fraction of sp³-hybridized carbons (Fsp3) is 0.129. The lowest BCUT2D eigenvalue weighted by molar-refractivity contribution is -0.255. The molecule has 0 atom stereocenters. The summed E-state index contributed by atoms with van der Waals surface area (Å²) in [4.78, 5) is 29.5. The maximum atomic E-state index is 13.8. The number of nitrogens with zero attached hydrogens (tertiary/aromatic N) is 3. The Kier molecular flexibility index (Phi) is 5.52. The van der Waals surface area contributed by atoms with Crippen molar-refractivity contribution in [3.63, 3.8) is 0 Å². The van der Waals surface area contributed by atoms with Crippen molar-refractivity contribution >= 4 is 45.4 Å². The molecule has 5 aromatic rings. The molecule has 0 saturated carbocycles. The molecule has 1 aliphatic heterocycles. The monoisotopic (exact) mass is 533 g/mol. The highest BCUT2D eigenvalue weighted by Gasteiger charge is 2.34. The van der Waals surface area contributed by atoms with Crippen molar-refractivity contribution in [3.05, 3.63) is 101 Å². The number of rotatable bonds is 5. The minimum atomic E-state index is -1.26. The van der Waals surface area contributed by atoms with Gasteiger partial charge < -0.3 is 29.5 Å². The molecule has 1 aliphatic carbocycles. The molecule has 8 nitrogen and oxygen atoms in total. The number of hydrogen-bond donors (Lipinski definition) is 1. The van der Waals surface area contributed by atoms with Crippen LogP contribution < -0.4 is 20.2 Å². The summed E-state index contributed by atoms with van der Waals surface area (Å²) in [6.07, 6.45) is 0. The van der Waals surface area contributed by atoms with Gasteiger partial charge in [0.1, 0.15) is 11.3 Å². The number of halogens is 1. The van der Waals surface area contributed by atoms with Gasteiger partial charge in [0.05, 0.1) is 28.3 Å². The molecule has 4 aromatic carbocycles. The Morgan fingerprint density at radius 2 is 1.57 bits per heavy atom. The van der Waals surface area contributed by atoms with E-state index < -0.39 is 5.97 Å². The first kappa shape index (κ1) is 23.9. The van der Waals surface area contributed by atoms with E-state index in [0.29, 0.717) is 57.8 Å². The van der Waals surface area contributed by atoms with Crippen molar-refractivity contribution < 1.29 is 23.6 Å². The Morgan fingerprint density at radius 1 is 0.900 bits per heavy atom. The Balaban J connectivity index is 1.31. The van der Waals surface area contributed by atoms with Gasteiger partial charge in [0.2, 0.25) is 0 Å². The summed E-state index contributed by atoms with van der Waals surface area (Å²) in [6.45, 7) is 2.79. The van der Waals surface area contributed by atoms with Gasteiger partial charge in [-0.3, -0.25) is 4.79 Å². The van der Waals surface area contributed by atoms with Crippen LogP contribution in [0.15, 0.2) is 83.4 Å². The molecule has 1 N–H and O–H groups in total. The lowest BCUT2D eigenvalue weighted by Gasteiger charge is -2.37. The van der Waals surface area contributed by atoms with Gasteiger partial charge in [-0.05, 0) is 48.0 Å². The molecule has 7 rings (SSSR count). The summed E-state index contributed by atoms with van der Waals surface area (Å²) >= 11 is 0. The molecule has 0 radical (unpaired) electrons. The number of nitrogens with one attached hydrogen (secondary N) is 1. The summed E-state index contributed by atoms with van der Waals surface area (Å²) < 4.78 is 19.3. The van der Waals surface area contributed by atoms with Crippen LogP contribution in [0.5, 0.6) is 0 Å². The Bertz CT molecular complexity index is 1790. The Labute approximate surface area is 228 Å². The fourth-order valence-electron chi connectivity index (χ4n) is 5.58. The third kappa shape index (κ3) is 3.86. The quantitative estimate of drug-likeness (QED) is 0.343. The summed E-state index contributed by atoms with van der Waals surface area (Å²) in [6, 6.07) is 21.9. The van der Waals surface area contributed by atoms with E-state index in [0.717, 1.165) is 24.5 Å². The molecule has 0 bridgehead atoms. The second-order valence-corrected chi connectivity index (χ2v) is 9.87. The van der Waals surface area contributed by atoms with Gasteiger partial charge in [0.15, 0.2) is 11.5 Å². The lowest BCUT2D eigenvalue weighted by Crippen LogP contribution is -2.46. The summed E-state index contributed by atoms with van der Waals surface area (Å²) in [5.41, 5.74) is 5.36. The van der Waals surface area contributed by atoms with Crippen LogP contribution >= 0.6 is 0 Å². The molecule has 198 valence electrons. The molecule has 0 unspecified atom stereocenters. The minimum Gasteiger partial charge on any atom is -0.545 e. The van der Waals surface area contributed by atoms with Gasteiger partial charge in [0, 0.05) is 48.7 Å². The maximum absolute atomic E-state index is 13.8. The number of ketones is 1. The first-order chi connectivity index (χ1) is 19.5. The second kappa shape index (κ2) is 9.23. The molecule has 1 aromatic heterocycles. The van der Waals surface area contributed by atoms with E-state index in [4.69, 9.17) is 4.52 Å². The van der Waals surface area contributed by atoms with E-state index >= 15 is 0 Å². The number of benzene rings is 4. The van der Waals surface area contributed by atoms with Gasteiger partial charge >= 0.3 is 0 Å². The second-order valence-electron chi connectivity index (χ2n) is 9.87. The molecular formula is C31H22FN4O4-. The fourth-order valence-corrected chi connectivity index (χ4v) is 5.58. The number of carbonyl (C=O) groups is 2. The van der Waals surface area contributed by atoms with E-state index in [2.05, 4.69) is 20.3 Å². The highest BCUT2D eigenvalue weighted by molar-refractivity contribution is 6.28. The van der Waals surface area contributed by atoms with Crippen LogP contribution in [0.25, 0.3) is 22.2 Å². The van der Waals surface area contributed by atoms with Gasteiger partial charge in [0.25, 0.3) is 0 Å². The number of aromatic carboxylic acids is 1. The third-order valence-corrected chi connectivity index (χ3v) is 7.59. The zero-order valence-electron chi connectivity index (χ0n) is 21.2. The van der Waals surface area contributed by atoms with Crippen molar-refractivity contribution in [2.24, 2.45) is 0 Å². The smallest absolute Gasteiger partial charge is 0.196 e. The highest BCUT2D eigenvalue weighted by atomic mass is 19.1. The van der Waals surface area contributed by atoms with Gasteiger partial charge in [-0.1, -0.05) is 41.6 Å². The summed E-state index contributed by atoms with van der Waals surface area (Å²) in [5, 5.41) is 19.6. The van der Waals surface area contributed by atoms with Crippen molar-refractivity contribution in [1.29, 1.82) is 0 Å². The average molecular weight is 534 g/mol. The number of anilines is 4. The number of carboxylic acids is 1. The number of hydrogen-bond acceptors (Lipinski definition) is 8. The van der Waals surface area contributed by atoms with E-state index in [1.165, 1.54) is 24.3 Å². The van der Waals surface area contributed by atoms with Gasteiger partial charge in [-0.15, -0.1) is 0 Å². The van der Waals surface area contributed by atoms with E-state index in [9.17, 15) is 19.1 Å². The first-order valence-electron chi connectivity index (χ1n) is 12.9. The van der Waals surface area contributed by atoms with E-state index in [-0.39, 0.29) is 17.2 Å². The van der Waals surface area contributed by atoms with Crippen LogP contribution in [0.1, 0.15) is 26.3 Å². The summed E-state index contributed by atoms with van der Waals surface area (Å²) in [5.74, 6) is -1.12. The summed E-state index contributed by atoms with van der Waals surface area (Å²) in [7, 11) is 0. The molecule has 2 heterocycles. The van der Waals surface area contributed by atoms with Crippen LogP contribution in [0, 0.1) is 5.82 Å². The Morgan fingerprint density at radius 3 is 2.27 bits per heavy atom. The van der Waals surface area contributed by atoms with Gasteiger partial charge in [-0.2, -0.15) is 0 Å². The van der Waals surface area contributed by atoms with E-state index in [1.807, 2.05) is 24.3 Å². The maximum Gasteiger partial charge on any atom is 0.196 e. The van der Waals surface area contributed by atoms with Gasteiger partial charge in [-0.25, -0.2) is 4.39 Å². The lowest BCUT2D eigenvalue weighted by atomic mass is 9.86. The minimum absolute atomic E-state index is 0.0633. The van der Waals surface area contributed by atoms with Crippen molar-refractivity contribution in [2.45, 2.75) is 0 Å². The molecule has 9 heteroatoms. The van der Waals surface area contributed by atoms with Crippen molar-refractivity contribution in [3.8, 4) is 11.3 Å². The molecule has 1 saturated heterocycles. The number of carbonyl (C=O) groups excluding carboxylic acids is 2. The molecule has 0 amide bonds. The van der Waals surface area contributed by atoms with Crippen LogP contribution in [0.4, 0.5) is 27.1 Å². The van der Waals surface area contributed by atoms with Crippen LogP contribution in [0.3, 0.4) is 0 Å². The zero-order chi connectivity index (χ0) is 27.4. The average Bonchev–Trinajstić information content (AvgIpc) is 3.42. The predicted molar refractivity (Wildman–Crippen MR) is 148 cm³/mol. The van der Waals surface area contributed by atoms with Crippen molar-refractivity contribution in [1.82, 2.24) is 5.16 Å². The van der Waals surface area contributed by atoms with Crippen LogP contribution in [0.2, 0.25) is 0 Å². The largest absolute Gasteiger partial charge is 0.545 e. The molecular weight excluding hydrogens is 511 g/mol. The molecule has 0 spiro atoms. The van der Waals surface area contributed by atoms with E-state index in [1.54, 1.807) is 30.3 Å². The molecule has 2 aliphatic rings. The number of fused-ring (bicyclic) bond motifs is 2. The standard InChI is InChI=1S/C31H23FN4O4/c32-19-7-11-21(12-8-19)35-13-15-36(16-14-35)25-17-24(33-20-9-5-18(6-10-20)31(38)39)26-27-28(25)34-40-30(27)23-4-2-1-3-22(23)29(26)37/h1-12,17,33H,13-16H2,(H,38,39)/p-1. The number of carboxylic acid groups (broad SMARTS) is 1. The Hall–Kier alpha value is -5.18.